The molecule has 0 spiro atoms. The van der Waals surface area contributed by atoms with Gasteiger partial charge in [0.05, 0.1) is 14.2 Å². The minimum absolute atomic E-state index is 0.249. The molecule has 6 nitrogen and oxygen atoms in total. The standard InChI is InChI=1S/C16H17NO5/c1-10-4-6-14(22-10)15(18)17-9-11-5-7-13(20-2)12(8-11)16(19)21-3/h4-8H,9H2,1-3H3,(H,17,18). The lowest BCUT2D eigenvalue weighted by Crippen LogP contribution is -2.22. The van der Waals surface area contributed by atoms with Crippen LogP contribution in [-0.4, -0.2) is 26.1 Å². The third kappa shape index (κ3) is 3.46. The summed E-state index contributed by atoms with van der Waals surface area (Å²) in [5, 5.41) is 2.72. The van der Waals surface area contributed by atoms with Crippen LogP contribution in [0.1, 0.15) is 32.2 Å². The first kappa shape index (κ1) is 15.6. The molecule has 0 aliphatic carbocycles. The number of ether oxygens (including phenoxy) is 2. The number of hydrogen-bond donors (Lipinski definition) is 1. The van der Waals surface area contributed by atoms with Crippen molar-refractivity contribution in [3.63, 3.8) is 0 Å². The number of benzene rings is 1. The molecule has 0 saturated carbocycles. The molecule has 116 valence electrons. The predicted octanol–water partition coefficient (Wildman–Crippen LogP) is 2.31. The summed E-state index contributed by atoms with van der Waals surface area (Å²) < 4.78 is 15.1. The highest BCUT2D eigenvalue weighted by Crippen LogP contribution is 2.20. The Kier molecular flexibility index (Phi) is 4.83. The Bertz CT molecular complexity index is 690. The highest BCUT2D eigenvalue weighted by molar-refractivity contribution is 5.93. The molecule has 22 heavy (non-hydrogen) atoms. The average Bonchev–Trinajstić information content (AvgIpc) is 2.98. The molecule has 0 radical (unpaired) electrons. The molecule has 0 fully saturated rings. The smallest absolute Gasteiger partial charge is 0.341 e. The minimum Gasteiger partial charge on any atom is -0.496 e. The zero-order valence-electron chi connectivity index (χ0n) is 12.6. The van der Waals surface area contributed by atoms with E-state index in [0.717, 1.165) is 5.56 Å². The molecule has 2 aromatic rings. The van der Waals surface area contributed by atoms with E-state index in [1.807, 2.05) is 0 Å². The van der Waals surface area contributed by atoms with Gasteiger partial charge in [-0.05, 0) is 36.8 Å². The molecule has 0 saturated heterocycles. The van der Waals surface area contributed by atoms with Crippen LogP contribution in [0.25, 0.3) is 0 Å². The monoisotopic (exact) mass is 303 g/mol. The fourth-order valence-electron chi connectivity index (χ4n) is 1.96. The van der Waals surface area contributed by atoms with Crippen LogP contribution in [-0.2, 0) is 11.3 Å². The Labute approximate surface area is 128 Å². The Hall–Kier alpha value is -2.76. The number of carbonyl (C=O) groups is 2. The van der Waals surface area contributed by atoms with Gasteiger partial charge in [-0.15, -0.1) is 0 Å². The van der Waals surface area contributed by atoms with E-state index in [4.69, 9.17) is 13.9 Å². The third-order valence-corrected chi connectivity index (χ3v) is 3.09. The maximum absolute atomic E-state index is 11.9. The molecule has 0 atom stereocenters. The number of amides is 1. The van der Waals surface area contributed by atoms with Crippen molar-refractivity contribution >= 4 is 11.9 Å². The van der Waals surface area contributed by atoms with Crippen LogP contribution in [0.4, 0.5) is 0 Å². The zero-order valence-corrected chi connectivity index (χ0v) is 12.6. The summed E-state index contributed by atoms with van der Waals surface area (Å²) in [6.45, 7) is 2.02. The van der Waals surface area contributed by atoms with E-state index in [-0.39, 0.29) is 18.2 Å². The number of carbonyl (C=O) groups excluding carboxylic acids is 2. The molecule has 1 amide bonds. The molecule has 1 aromatic carbocycles. The van der Waals surface area contributed by atoms with Crippen LogP contribution in [0, 0.1) is 6.92 Å². The Morgan fingerprint density at radius 2 is 1.95 bits per heavy atom. The fraction of sp³-hybridized carbons (Fsp3) is 0.250. The normalized spacial score (nSPS) is 10.1. The van der Waals surface area contributed by atoms with Gasteiger partial charge in [-0.2, -0.15) is 0 Å². The van der Waals surface area contributed by atoms with Gasteiger partial charge >= 0.3 is 5.97 Å². The summed E-state index contributed by atoms with van der Waals surface area (Å²) in [6, 6.07) is 8.37. The van der Waals surface area contributed by atoms with Crippen molar-refractivity contribution in [2.75, 3.05) is 14.2 Å². The van der Waals surface area contributed by atoms with Crippen molar-refractivity contribution in [1.29, 1.82) is 0 Å². The molecule has 1 aromatic heterocycles. The van der Waals surface area contributed by atoms with Gasteiger partial charge in [-0.3, -0.25) is 4.79 Å². The van der Waals surface area contributed by atoms with Crippen LogP contribution < -0.4 is 10.1 Å². The van der Waals surface area contributed by atoms with Crippen molar-refractivity contribution < 1.29 is 23.5 Å². The van der Waals surface area contributed by atoms with Gasteiger partial charge in [0.2, 0.25) is 0 Å². The molecular formula is C16H17NO5. The Balaban J connectivity index is 2.10. The number of rotatable bonds is 5. The zero-order chi connectivity index (χ0) is 16.1. The summed E-state index contributed by atoms with van der Waals surface area (Å²) in [5.74, 6) is 0.528. The SMILES string of the molecule is COC(=O)c1cc(CNC(=O)c2ccc(C)o2)ccc1OC. The van der Waals surface area contributed by atoms with Gasteiger partial charge < -0.3 is 19.2 Å². The number of nitrogens with one attached hydrogen (secondary N) is 1. The lowest BCUT2D eigenvalue weighted by molar-refractivity contribution is 0.0597. The van der Waals surface area contributed by atoms with E-state index in [1.165, 1.54) is 14.2 Å². The number of esters is 1. The van der Waals surface area contributed by atoms with Crippen LogP contribution >= 0.6 is 0 Å². The van der Waals surface area contributed by atoms with Crippen molar-refractivity contribution in [2.24, 2.45) is 0 Å². The van der Waals surface area contributed by atoms with E-state index in [1.54, 1.807) is 37.3 Å². The number of hydrogen-bond acceptors (Lipinski definition) is 5. The molecule has 1 heterocycles. The fourth-order valence-corrected chi connectivity index (χ4v) is 1.96. The molecular weight excluding hydrogens is 286 g/mol. The molecule has 0 aliphatic rings. The van der Waals surface area contributed by atoms with Crippen LogP contribution in [0.3, 0.4) is 0 Å². The Morgan fingerprint density at radius 3 is 2.55 bits per heavy atom. The molecule has 2 rings (SSSR count). The number of furan rings is 1. The van der Waals surface area contributed by atoms with E-state index < -0.39 is 5.97 Å². The van der Waals surface area contributed by atoms with Gasteiger partial charge in [0, 0.05) is 6.54 Å². The summed E-state index contributed by atoms with van der Waals surface area (Å²) in [6.07, 6.45) is 0. The molecule has 1 N–H and O–H groups in total. The van der Waals surface area contributed by atoms with E-state index in [0.29, 0.717) is 17.1 Å². The first-order chi connectivity index (χ1) is 10.5. The van der Waals surface area contributed by atoms with Crippen LogP contribution in [0.2, 0.25) is 0 Å². The Morgan fingerprint density at radius 1 is 1.18 bits per heavy atom. The number of aryl methyl sites for hydroxylation is 1. The van der Waals surface area contributed by atoms with Crippen LogP contribution in [0.5, 0.6) is 5.75 Å². The minimum atomic E-state index is -0.494. The lowest BCUT2D eigenvalue weighted by Gasteiger charge is -2.09. The van der Waals surface area contributed by atoms with E-state index in [9.17, 15) is 9.59 Å². The van der Waals surface area contributed by atoms with Crippen molar-refractivity contribution in [2.45, 2.75) is 13.5 Å². The summed E-state index contributed by atoms with van der Waals surface area (Å²) in [4.78, 5) is 23.6. The topological polar surface area (TPSA) is 77.8 Å². The van der Waals surface area contributed by atoms with Crippen LogP contribution in [0.15, 0.2) is 34.7 Å². The number of methoxy groups -OCH3 is 2. The van der Waals surface area contributed by atoms with Gasteiger partial charge in [-0.25, -0.2) is 4.79 Å². The average molecular weight is 303 g/mol. The molecule has 0 aliphatic heterocycles. The van der Waals surface area contributed by atoms with Crippen molar-refractivity contribution in [3.05, 3.63) is 53.0 Å². The van der Waals surface area contributed by atoms with Gasteiger partial charge in [-0.1, -0.05) is 6.07 Å². The third-order valence-electron chi connectivity index (χ3n) is 3.09. The van der Waals surface area contributed by atoms with Gasteiger partial charge in [0.25, 0.3) is 5.91 Å². The van der Waals surface area contributed by atoms with Gasteiger partial charge in [0.15, 0.2) is 5.76 Å². The van der Waals surface area contributed by atoms with Crippen molar-refractivity contribution in [3.8, 4) is 5.75 Å². The van der Waals surface area contributed by atoms with Gasteiger partial charge in [0.1, 0.15) is 17.1 Å². The second kappa shape index (κ2) is 6.80. The first-order valence-corrected chi connectivity index (χ1v) is 6.65. The molecule has 0 bridgehead atoms. The highest BCUT2D eigenvalue weighted by Gasteiger charge is 2.14. The second-order valence-electron chi connectivity index (χ2n) is 4.62. The maximum Gasteiger partial charge on any atom is 0.341 e. The van der Waals surface area contributed by atoms with Crippen molar-refractivity contribution in [1.82, 2.24) is 5.32 Å². The van der Waals surface area contributed by atoms with E-state index in [2.05, 4.69) is 5.32 Å². The first-order valence-electron chi connectivity index (χ1n) is 6.65. The molecule has 0 unspecified atom stereocenters. The predicted molar refractivity (Wildman–Crippen MR) is 78.9 cm³/mol. The quantitative estimate of drug-likeness (QED) is 0.858. The highest BCUT2D eigenvalue weighted by atomic mass is 16.5. The van der Waals surface area contributed by atoms with E-state index >= 15 is 0 Å². The lowest BCUT2D eigenvalue weighted by atomic mass is 10.1. The second-order valence-corrected chi connectivity index (χ2v) is 4.62. The summed E-state index contributed by atoms with van der Waals surface area (Å²) >= 11 is 0. The largest absolute Gasteiger partial charge is 0.496 e. The maximum atomic E-state index is 11.9. The molecule has 6 heteroatoms. The summed E-state index contributed by atoms with van der Waals surface area (Å²) in [5.41, 5.74) is 1.06. The summed E-state index contributed by atoms with van der Waals surface area (Å²) in [7, 11) is 2.78.